The molecule has 1 fully saturated rings. The summed E-state index contributed by atoms with van der Waals surface area (Å²) in [6.07, 6.45) is 4.95. The molecule has 0 aliphatic heterocycles. The number of carbonyl (C=O) groups is 1. The largest absolute Gasteiger partial charge is 0.503 e. The average molecular weight is 483 g/mol. The van der Waals surface area contributed by atoms with Crippen LogP contribution in [0, 0.1) is 0 Å². The molecule has 4 aromatic rings. The van der Waals surface area contributed by atoms with Gasteiger partial charge in [-0.25, -0.2) is 4.98 Å². The van der Waals surface area contributed by atoms with Gasteiger partial charge in [0.25, 0.3) is 0 Å². The number of fused-ring (bicyclic) bond motifs is 1. The van der Waals surface area contributed by atoms with Crippen LogP contribution < -0.4 is 4.74 Å². The summed E-state index contributed by atoms with van der Waals surface area (Å²) in [6.45, 7) is 0. The fourth-order valence-corrected chi connectivity index (χ4v) is 5.87. The number of aromatic hydroxyl groups is 2. The molecule has 1 saturated carbocycles. The summed E-state index contributed by atoms with van der Waals surface area (Å²) >= 11 is 7.51. The Kier molecular flexibility index (Phi) is 5.76. The van der Waals surface area contributed by atoms with Crippen molar-refractivity contribution in [3.8, 4) is 22.5 Å². The first kappa shape index (κ1) is 21.8. The molecular formula is C25H23ClN2O4S. The van der Waals surface area contributed by atoms with Crippen LogP contribution >= 0.6 is 22.9 Å². The van der Waals surface area contributed by atoms with E-state index in [1.807, 2.05) is 12.1 Å². The van der Waals surface area contributed by atoms with Gasteiger partial charge in [0.15, 0.2) is 16.7 Å². The number of hydrogen-bond acceptors (Lipinski definition) is 6. The van der Waals surface area contributed by atoms with Crippen LogP contribution in [0.25, 0.3) is 15.3 Å². The molecule has 0 bridgehead atoms. The maximum absolute atomic E-state index is 13.6. The second kappa shape index (κ2) is 8.72. The molecular weight excluding hydrogens is 460 g/mol. The van der Waals surface area contributed by atoms with E-state index in [1.165, 1.54) is 11.3 Å². The first-order valence-corrected chi connectivity index (χ1v) is 12.1. The Hall–Kier alpha value is -3.03. The third kappa shape index (κ3) is 3.85. The number of ether oxygens (including phenoxy) is 1. The molecule has 0 unspecified atom stereocenters. The minimum Gasteiger partial charge on any atom is -0.503 e. The van der Waals surface area contributed by atoms with Gasteiger partial charge in [0.1, 0.15) is 5.75 Å². The number of benzene rings is 2. The van der Waals surface area contributed by atoms with Crippen LogP contribution in [0.15, 0.2) is 42.5 Å². The Morgan fingerprint density at radius 3 is 2.55 bits per heavy atom. The number of carbonyl (C=O) groups excluding carboxylic acids is 1. The third-order valence-corrected chi connectivity index (χ3v) is 7.50. The molecule has 0 amide bonds. The minimum absolute atomic E-state index is 0.0262. The van der Waals surface area contributed by atoms with Crippen LogP contribution in [-0.2, 0) is 0 Å². The van der Waals surface area contributed by atoms with Crippen LogP contribution in [0.1, 0.15) is 59.6 Å². The highest BCUT2D eigenvalue weighted by Gasteiger charge is 2.34. The summed E-state index contributed by atoms with van der Waals surface area (Å²) in [5.41, 5.74) is 1.92. The molecule has 2 aromatic heterocycles. The first-order chi connectivity index (χ1) is 16.0. The second-order valence-corrected chi connectivity index (χ2v) is 9.71. The van der Waals surface area contributed by atoms with E-state index in [0.717, 1.165) is 42.3 Å². The van der Waals surface area contributed by atoms with Crippen LogP contribution in [0.5, 0.6) is 17.4 Å². The van der Waals surface area contributed by atoms with Crippen molar-refractivity contribution in [3.05, 3.63) is 64.3 Å². The maximum Gasteiger partial charge on any atom is 0.242 e. The lowest BCUT2D eigenvalue weighted by Gasteiger charge is -2.24. The van der Waals surface area contributed by atoms with Crippen LogP contribution in [0.4, 0.5) is 0 Å². The number of hydrogen-bond donors (Lipinski definition) is 2. The van der Waals surface area contributed by atoms with E-state index < -0.39 is 5.75 Å². The smallest absolute Gasteiger partial charge is 0.242 e. The summed E-state index contributed by atoms with van der Waals surface area (Å²) < 4.78 is 7.61. The Morgan fingerprint density at radius 1 is 1.12 bits per heavy atom. The zero-order valence-electron chi connectivity index (χ0n) is 18.0. The van der Waals surface area contributed by atoms with Gasteiger partial charge in [0.2, 0.25) is 5.88 Å². The molecule has 0 spiro atoms. The maximum atomic E-state index is 13.6. The molecule has 2 aromatic carbocycles. The summed E-state index contributed by atoms with van der Waals surface area (Å²) in [7, 11) is 1.56. The minimum atomic E-state index is -0.409. The fraction of sp³-hybridized carbons (Fsp3) is 0.280. The lowest BCUT2D eigenvalue weighted by molar-refractivity contribution is 0.103. The zero-order chi connectivity index (χ0) is 23.1. The van der Waals surface area contributed by atoms with Crippen molar-refractivity contribution in [1.82, 2.24) is 9.55 Å². The van der Waals surface area contributed by atoms with Gasteiger partial charge in [-0.15, -0.1) is 0 Å². The summed E-state index contributed by atoms with van der Waals surface area (Å²) in [5, 5.41) is 23.1. The van der Waals surface area contributed by atoms with Gasteiger partial charge < -0.3 is 14.9 Å². The van der Waals surface area contributed by atoms with Crippen molar-refractivity contribution >= 4 is 38.9 Å². The van der Waals surface area contributed by atoms with Crippen molar-refractivity contribution < 1.29 is 19.7 Å². The highest BCUT2D eigenvalue weighted by atomic mass is 35.5. The highest BCUT2D eigenvalue weighted by Crippen LogP contribution is 2.47. The zero-order valence-corrected chi connectivity index (χ0v) is 19.6. The standard InChI is InChI=1S/C25H23ClN2O4S/c1-32-17-10-7-15(8-11-17)22(29)20-21(14-5-3-2-4-6-14)28(24(31)23(20)30)25-27-18-12-9-16(26)13-19(18)33-25/h7-14,30-31H,2-6H2,1H3. The number of aromatic nitrogens is 2. The van der Waals surface area contributed by atoms with Crippen molar-refractivity contribution in [1.29, 1.82) is 0 Å². The summed E-state index contributed by atoms with van der Waals surface area (Å²) in [5.74, 6) is -0.449. The normalized spacial score (nSPS) is 14.6. The van der Waals surface area contributed by atoms with Crippen molar-refractivity contribution in [2.45, 2.75) is 38.0 Å². The lowest BCUT2D eigenvalue weighted by atomic mass is 9.84. The topological polar surface area (TPSA) is 84.6 Å². The van der Waals surface area contributed by atoms with Gasteiger partial charge in [-0.05, 0) is 55.3 Å². The Morgan fingerprint density at radius 2 is 1.85 bits per heavy atom. The van der Waals surface area contributed by atoms with E-state index >= 15 is 0 Å². The molecule has 2 N–H and O–H groups in total. The van der Waals surface area contributed by atoms with Crippen molar-refractivity contribution in [2.75, 3.05) is 7.11 Å². The monoisotopic (exact) mass is 482 g/mol. The van der Waals surface area contributed by atoms with Crippen molar-refractivity contribution in [2.24, 2.45) is 0 Å². The number of methoxy groups -OCH3 is 1. The highest BCUT2D eigenvalue weighted by molar-refractivity contribution is 7.20. The van der Waals surface area contributed by atoms with E-state index in [9.17, 15) is 15.0 Å². The van der Waals surface area contributed by atoms with Gasteiger partial charge in [0, 0.05) is 22.2 Å². The quantitative estimate of drug-likeness (QED) is 0.320. The van der Waals surface area contributed by atoms with E-state index in [1.54, 1.807) is 42.0 Å². The number of halogens is 1. The molecule has 1 aliphatic carbocycles. The Labute approximate surface area is 200 Å². The molecule has 2 heterocycles. The van der Waals surface area contributed by atoms with Gasteiger partial charge in [-0.2, -0.15) is 0 Å². The number of rotatable bonds is 5. The molecule has 8 heteroatoms. The summed E-state index contributed by atoms with van der Waals surface area (Å²) in [4.78, 5) is 18.3. The predicted molar refractivity (Wildman–Crippen MR) is 130 cm³/mol. The first-order valence-electron chi connectivity index (χ1n) is 10.9. The molecule has 6 nitrogen and oxygen atoms in total. The molecule has 33 heavy (non-hydrogen) atoms. The number of nitrogens with zero attached hydrogens (tertiary/aromatic N) is 2. The van der Waals surface area contributed by atoms with Crippen LogP contribution in [0.3, 0.4) is 0 Å². The van der Waals surface area contributed by atoms with Gasteiger partial charge >= 0.3 is 0 Å². The fourth-order valence-electron chi connectivity index (χ4n) is 4.61. The van der Waals surface area contributed by atoms with E-state index in [4.69, 9.17) is 16.3 Å². The molecule has 1 aliphatic rings. The van der Waals surface area contributed by atoms with E-state index in [-0.39, 0.29) is 23.1 Å². The molecule has 0 radical (unpaired) electrons. The Balaban J connectivity index is 1.70. The molecule has 0 saturated heterocycles. The van der Waals surface area contributed by atoms with E-state index in [2.05, 4.69) is 4.98 Å². The average Bonchev–Trinajstić information content (AvgIpc) is 3.37. The third-order valence-electron chi connectivity index (χ3n) is 6.26. The van der Waals surface area contributed by atoms with Gasteiger partial charge in [-0.3, -0.25) is 9.36 Å². The van der Waals surface area contributed by atoms with Gasteiger partial charge in [-0.1, -0.05) is 42.2 Å². The number of thiazole rings is 1. The molecule has 0 atom stereocenters. The lowest BCUT2D eigenvalue weighted by Crippen LogP contribution is -2.14. The van der Waals surface area contributed by atoms with Crippen LogP contribution in [0.2, 0.25) is 5.02 Å². The molecule has 170 valence electrons. The van der Waals surface area contributed by atoms with Gasteiger partial charge in [0.05, 0.1) is 22.9 Å². The van der Waals surface area contributed by atoms with E-state index in [0.29, 0.717) is 27.2 Å². The number of ketones is 1. The SMILES string of the molecule is COc1ccc(C(=O)c2c(O)c(O)n(-c3nc4ccc(Cl)cc4s3)c2C2CCCCC2)cc1. The molecule has 5 rings (SSSR count). The second-order valence-electron chi connectivity index (χ2n) is 8.27. The van der Waals surface area contributed by atoms with Crippen molar-refractivity contribution in [3.63, 3.8) is 0 Å². The Bertz CT molecular complexity index is 1340. The predicted octanol–water partition coefficient (Wildman–Crippen LogP) is 6.44. The van der Waals surface area contributed by atoms with Crippen LogP contribution in [-0.4, -0.2) is 32.7 Å². The summed E-state index contributed by atoms with van der Waals surface area (Å²) in [6, 6.07) is 12.2.